The largest absolute Gasteiger partial charge is 0.102 e. The predicted octanol–water partition coefficient (Wildman–Crippen LogP) is 3.95. The van der Waals surface area contributed by atoms with Gasteiger partial charge in [-0.25, -0.2) is 0 Å². The summed E-state index contributed by atoms with van der Waals surface area (Å²) in [6.07, 6.45) is 9.28. The highest BCUT2D eigenvalue weighted by Crippen LogP contribution is 2.17. The molecular formula is C14H20. The number of allylic oxidation sites excluding steroid dienone is 3. The first-order chi connectivity index (χ1) is 6.74. The van der Waals surface area contributed by atoms with Crippen molar-refractivity contribution in [3.63, 3.8) is 0 Å². The minimum Gasteiger partial charge on any atom is -0.102 e. The Morgan fingerprint density at radius 1 is 1.43 bits per heavy atom. The van der Waals surface area contributed by atoms with Gasteiger partial charge in [-0.15, -0.1) is 6.58 Å². The van der Waals surface area contributed by atoms with Crippen molar-refractivity contribution in [1.29, 1.82) is 0 Å². The monoisotopic (exact) mass is 188 g/mol. The maximum atomic E-state index is 3.82. The molecule has 0 nitrogen and oxygen atoms in total. The normalized spacial score (nSPS) is 18.1. The van der Waals surface area contributed by atoms with E-state index in [-0.39, 0.29) is 0 Å². The first kappa shape index (κ1) is 11.1. The van der Waals surface area contributed by atoms with Crippen LogP contribution in [0.15, 0.2) is 24.3 Å². The zero-order valence-electron chi connectivity index (χ0n) is 9.34. The lowest BCUT2D eigenvalue weighted by molar-refractivity contribution is 0.566. The molecule has 0 fully saturated rings. The second-order valence-corrected chi connectivity index (χ2v) is 4.25. The van der Waals surface area contributed by atoms with Crippen molar-refractivity contribution in [3.8, 4) is 11.8 Å². The third-order valence-corrected chi connectivity index (χ3v) is 2.66. The number of hydrogen-bond donors (Lipinski definition) is 0. The van der Waals surface area contributed by atoms with Crippen LogP contribution in [-0.2, 0) is 0 Å². The second-order valence-electron chi connectivity index (χ2n) is 4.25. The van der Waals surface area contributed by atoms with Gasteiger partial charge in [0, 0.05) is 5.92 Å². The Morgan fingerprint density at radius 3 is 2.71 bits per heavy atom. The predicted molar refractivity (Wildman–Crippen MR) is 62.9 cm³/mol. The highest BCUT2D eigenvalue weighted by molar-refractivity contribution is 5.31. The molecule has 0 bridgehead atoms. The summed E-state index contributed by atoms with van der Waals surface area (Å²) in [4.78, 5) is 0. The molecule has 1 aliphatic carbocycles. The number of hydrogen-bond acceptors (Lipinski definition) is 0. The maximum absolute atomic E-state index is 3.82. The molecule has 0 aromatic rings. The SMILES string of the molecule is C=CC(C#CC1=CCCCC1)C(C)C. The minimum absolute atomic E-state index is 0.345. The summed E-state index contributed by atoms with van der Waals surface area (Å²) in [6.45, 7) is 8.21. The quantitative estimate of drug-likeness (QED) is 0.454. The van der Waals surface area contributed by atoms with Gasteiger partial charge in [-0.2, -0.15) is 0 Å². The van der Waals surface area contributed by atoms with Crippen LogP contribution in [0.1, 0.15) is 39.5 Å². The average Bonchev–Trinajstić information content (AvgIpc) is 2.20. The van der Waals surface area contributed by atoms with E-state index in [0.29, 0.717) is 11.8 Å². The van der Waals surface area contributed by atoms with Gasteiger partial charge in [0.15, 0.2) is 0 Å². The maximum Gasteiger partial charge on any atom is 0.0406 e. The molecule has 0 aromatic carbocycles. The van der Waals surface area contributed by atoms with Crippen LogP contribution in [0.5, 0.6) is 0 Å². The Balaban J connectivity index is 2.60. The molecule has 0 saturated heterocycles. The molecule has 0 N–H and O–H groups in total. The smallest absolute Gasteiger partial charge is 0.0406 e. The molecule has 1 unspecified atom stereocenters. The van der Waals surface area contributed by atoms with Crippen LogP contribution < -0.4 is 0 Å². The van der Waals surface area contributed by atoms with Crippen LogP contribution in [0.4, 0.5) is 0 Å². The van der Waals surface area contributed by atoms with Crippen LogP contribution in [-0.4, -0.2) is 0 Å². The van der Waals surface area contributed by atoms with E-state index in [4.69, 9.17) is 0 Å². The van der Waals surface area contributed by atoms with Crippen molar-refractivity contribution in [2.75, 3.05) is 0 Å². The topological polar surface area (TPSA) is 0 Å². The highest BCUT2D eigenvalue weighted by Gasteiger charge is 2.05. The fourth-order valence-electron chi connectivity index (χ4n) is 1.63. The molecule has 76 valence electrons. The fourth-order valence-corrected chi connectivity index (χ4v) is 1.63. The fraction of sp³-hybridized carbons (Fsp3) is 0.571. The molecule has 0 saturated carbocycles. The molecule has 0 heterocycles. The zero-order valence-corrected chi connectivity index (χ0v) is 9.34. The average molecular weight is 188 g/mol. The lowest BCUT2D eigenvalue weighted by Gasteiger charge is -2.09. The zero-order chi connectivity index (χ0) is 10.4. The molecule has 1 aliphatic rings. The Hall–Kier alpha value is -0.960. The van der Waals surface area contributed by atoms with E-state index < -0.39 is 0 Å². The van der Waals surface area contributed by atoms with Crippen molar-refractivity contribution >= 4 is 0 Å². The van der Waals surface area contributed by atoms with Crippen LogP contribution >= 0.6 is 0 Å². The summed E-state index contributed by atoms with van der Waals surface area (Å²) in [5, 5.41) is 0. The van der Waals surface area contributed by atoms with Gasteiger partial charge in [-0.3, -0.25) is 0 Å². The number of rotatable bonds is 2. The molecular weight excluding hydrogens is 168 g/mol. The Bertz CT molecular complexity index is 270. The lowest BCUT2D eigenvalue weighted by atomic mass is 9.95. The van der Waals surface area contributed by atoms with Crippen molar-refractivity contribution in [2.24, 2.45) is 11.8 Å². The summed E-state index contributed by atoms with van der Waals surface area (Å²) in [5.74, 6) is 7.51. The van der Waals surface area contributed by atoms with Gasteiger partial charge in [0.25, 0.3) is 0 Å². The molecule has 0 heteroatoms. The summed E-state index contributed by atoms with van der Waals surface area (Å²) in [7, 11) is 0. The van der Waals surface area contributed by atoms with Crippen LogP contribution in [0.25, 0.3) is 0 Å². The Labute approximate surface area is 88.1 Å². The van der Waals surface area contributed by atoms with E-state index in [2.05, 4.69) is 38.3 Å². The Kier molecular flexibility index (Phi) is 4.53. The molecule has 0 aliphatic heterocycles. The third-order valence-electron chi connectivity index (χ3n) is 2.66. The van der Waals surface area contributed by atoms with Gasteiger partial charge in [0.2, 0.25) is 0 Å². The van der Waals surface area contributed by atoms with Gasteiger partial charge in [0.05, 0.1) is 0 Å². The van der Waals surface area contributed by atoms with E-state index in [1.165, 1.54) is 31.3 Å². The Morgan fingerprint density at radius 2 is 2.21 bits per heavy atom. The molecule has 1 atom stereocenters. The first-order valence-corrected chi connectivity index (χ1v) is 5.57. The van der Waals surface area contributed by atoms with Crippen molar-refractivity contribution in [1.82, 2.24) is 0 Å². The summed E-state index contributed by atoms with van der Waals surface area (Å²) < 4.78 is 0. The van der Waals surface area contributed by atoms with Crippen molar-refractivity contribution in [3.05, 3.63) is 24.3 Å². The molecule has 0 amide bonds. The van der Waals surface area contributed by atoms with Gasteiger partial charge >= 0.3 is 0 Å². The van der Waals surface area contributed by atoms with Crippen LogP contribution in [0, 0.1) is 23.7 Å². The van der Waals surface area contributed by atoms with Gasteiger partial charge in [-0.1, -0.05) is 37.8 Å². The molecule has 0 spiro atoms. The standard InChI is InChI=1S/C14H20/c1-4-14(12(2)3)11-10-13-8-6-5-7-9-13/h4,8,12,14H,1,5-7,9H2,2-3H3. The molecule has 14 heavy (non-hydrogen) atoms. The summed E-state index contributed by atoms with van der Waals surface area (Å²) >= 11 is 0. The van der Waals surface area contributed by atoms with E-state index >= 15 is 0 Å². The first-order valence-electron chi connectivity index (χ1n) is 5.57. The van der Waals surface area contributed by atoms with Crippen molar-refractivity contribution in [2.45, 2.75) is 39.5 Å². The lowest BCUT2D eigenvalue weighted by Crippen LogP contribution is -2.02. The summed E-state index contributed by atoms with van der Waals surface area (Å²) in [6, 6.07) is 0. The van der Waals surface area contributed by atoms with E-state index in [9.17, 15) is 0 Å². The van der Waals surface area contributed by atoms with Crippen molar-refractivity contribution < 1.29 is 0 Å². The second kappa shape index (κ2) is 5.70. The van der Waals surface area contributed by atoms with Gasteiger partial charge in [-0.05, 0) is 37.2 Å². The van der Waals surface area contributed by atoms with E-state index in [1.807, 2.05) is 6.08 Å². The highest BCUT2D eigenvalue weighted by atomic mass is 14.1. The van der Waals surface area contributed by atoms with E-state index in [0.717, 1.165) is 0 Å². The molecule has 1 rings (SSSR count). The molecule has 0 aromatic heterocycles. The minimum atomic E-state index is 0.345. The van der Waals surface area contributed by atoms with Crippen LogP contribution in [0.3, 0.4) is 0 Å². The van der Waals surface area contributed by atoms with Gasteiger partial charge < -0.3 is 0 Å². The molecule has 0 radical (unpaired) electrons. The van der Waals surface area contributed by atoms with Gasteiger partial charge in [0.1, 0.15) is 0 Å². The van der Waals surface area contributed by atoms with E-state index in [1.54, 1.807) is 0 Å². The summed E-state index contributed by atoms with van der Waals surface area (Å²) in [5.41, 5.74) is 1.34. The van der Waals surface area contributed by atoms with Crippen LogP contribution in [0.2, 0.25) is 0 Å². The third kappa shape index (κ3) is 3.42.